The van der Waals surface area contributed by atoms with Crippen molar-refractivity contribution < 1.29 is 4.74 Å². The van der Waals surface area contributed by atoms with Crippen LogP contribution in [0.2, 0.25) is 0 Å². The Bertz CT molecular complexity index is 869. The van der Waals surface area contributed by atoms with Crippen LogP contribution in [0.5, 0.6) is 5.88 Å². The second-order valence-electron chi connectivity index (χ2n) is 6.59. The molecule has 3 aromatic rings. The maximum absolute atomic E-state index is 5.88. The lowest BCUT2D eigenvalue weighted by Gasteiger charge is -2.33. The van der Waals surface area contributed by atoms with E-state index in [-0.39, 0.29) is 0 Å². The monoisotopic (exact) mass is 338 g/mol. The Hall–Kier alpha value is -2.70. The fourth-order valence-electron chi connectivity index (χ4n) is 3.27. The number of aryl methyl sites for hydroxylation is 2. The molecule has 0 radical (unpaired) electrons. The zero-order chi connectivity index (χ0) is 17.2. The summed E-state index contributed by atoms with van der Waals surface area (Å²) >= 11 is 0. The van der Waals surface area contributed by atoms with Gasteiger partial charge in [-0.25, -0.2) is 9.97 Å². The highest BCUT2D eigenvalue weighted by atomic mass is 16.5. The quantitative estimate of drug-likeness (QED) is 0.728. The van der Waals surface area contributed by atoms with Crippen molar-refractivity contribution in [1.29, 1.82) is 0 Å². The van der Waals surface area contributed by atoms with Gasteiger partial charge < -0.3 is 9.64 Å². The molecule has 1 aliphatic rings. The molecule has 0 saturated carbocycles. The van der Waals surface area contributed by atoms with Crippen molar-refractivity contribution in [2.75, 3.05) is 24.6 Å². The zero-order valence-electron chi connectivity index (χ0n) is 14.6. The van der Waals surface area contributed by atoms with E-state index in [2.05, 4.69) is 31.0 Å². The van der Waals surface area contributed by atoms with Gasteiger partial charge in [-0.15, -0.1) is 0 Å². The van der Waals surface area contributed by atoms with Crippen molar-refractivity contribution >= 4 is 11.6 Å². The van der Waals surface area contributed by atoms with Gasteiger partial charge in [-0.1, -0.05) is 6.07 Å². The summed E-state index contributed by atoms with van der Waals surface area (Å²) in [5.74, 6) is 3.00. The van der Waals surface area contributed by atoms with E-state index in [4.69, 9.17) is 4.74 Å². The van der Waals surface area contributed by atoms with Crippen molar-refractivity contribution in [3.05, 3.63) is 42.0 Å². The summed E-state index contributed by atoms with van der Waals surface area (Å²) in [5.41, 5.74) is 1.95. The summed E-state index contributed by atoms with van der Waals surface area (Å²) in [5, 5.41) is 4.31. The molecule has 25 heavy (non-hydrogen) atoms. The molecule has 0 unspecified atom stereocenters. The predicted molar refractivity (Wildman–Crippen MR) is 94.9 cm³/mol. The summed E-state index contributed by atoms with van der Waals surface area (Å²) in [6.07, 6.45) is 3.73. The van der Waals surface area contributed by atoms with Crippen LogP contribution in [-0.2, 0) is 0 Å². The molecule has 1 fully saturated rings. The molecule has 0 amide bonds. The maximum Gasteiger partial charge on any atom is 0.254 e. The Morgan fingerprint density at radius 3 is 2.76 bits per heavy atom. The highest BCUT2D eigenvalue weighted by Gasteiger charge is 2.22. The van der Waals surface area contributed by atoms with Gasteiger partial charge >= 0.3 is 0 Å². The molecule has 130 valence electrons. The van der Waals surface area contributed by atoms with Gasteiger partial charge in [0.15, 0.2) is 0 Å². The summed E-state index contributed by atoms with van der Waals surface area (Å²) in [7, 11) is 0. The van der Waals surface area contributed by atoms with Crippen molar-refractivity contribution in [1.82, 2.24) is 24.6 Å². The Morgan fingerprint density at radius 2 is 1.96 bits per heavy atom. The molecule has 0 aromatic carbocycles. The third kappa shape index (κ3) is 3.40. The van der Waals surface area contributed by atoms with Crippen LogP contribution >= 0.6 is 0 Å². The Labute approximate surface area is 146 Å². The second-order valence-corrected chi connectivity index (χ2v) is 6.59. The first-order valence-corrected chi connectivity index (χ1v) is 8.68. The van der Waals surface area contributed by atoms with Crippen molar-refractivity contribution in [3.8, 4) is 5.88 Å². The summed E-state index contributed by atoms with van der Waals surface area (Å²) in [6.45, 7) is 6.65. The third-order valence-electron chi connectivity index (χ3n) is 4.63. The number of piperidine rings is 1. The zero-order valence-corrected chi connectivity index (χ0v) is 14.6. The minimum absolute atomic E-state index is 0.549. The lowest BCUT2D eigenvalue weighted by Crippen LogP contribution is -2.36. The first-order chi connectivity index (χ1) is 12.2. The standard InChI is InChI=1S/C18H22N6O/c1-13-4-3-5-16(21-13)25-11-15-6-8-23(9-7-15)17-10-14(2)22-18-19-12-20-24(17)18/h3-5,10,12,15H,6-9,11H2,1-2H3. The van der Waals surface area contributed by atoms with Crippen molar-refractivity contribution in [3.63, 3.8) is 0 Å². The molecule has 0 N–H and O–H groups in total. The number of hydrogen-bond acceptors (Lipinski definition) is 6. The lowest BCUT2D eigenvalue weighted by molar-refractivity contribution is 0.215. The van der Waals surface area contributed by atoms with Gasteiger partial charge in [-0.3, -0.25) is 0 Å². The van der Waals surface area contributed by atoms with E-state index in [1.807, 2.05) is 36.6 Å². The average Bonchev–Trinajstić information content (AvgIpc) is 3.08. The largest absolute Gasteiger partial charge is 0.477 e. The highest BCUT2D eigenvalue weighted by Crippen LogP contribution is 2.24. The number of anilines is 1. The van der Waals surface area contributed by atoms with E-state index in [0.717, 1.165) is 55.6 Å². The molecular formula is C18H22N6O. The van der Waals surface area contributed by atoms with Crippen LogP contribution in [0.1, 0.15) is 24.2 Å². The molecule has 1 saturated heterocycles. The van der Waals surface area contributed by atoms with Crippen molar-refractivity contribution in [2.45, 2.75) is 26.7 Å². The number of nitrogens with zero attached hydrogens (tertiary/aromatic N) is 6. The lowest BCUT2D eigenvalue weighted by atomic mass is 9.98. The van der Waals surface area contributed by atoms with Gasteiger partial charge in [0.25, 0.3) is 5.78 Å². The summed E-state index contributed by atoms with van der Waals surface area (Å²) < 4.78 is 7.70. The number of rotatable bonds is 4. The van der Waals surface area contributed by atoms with E-state index < -0.39 is 0 Å². The predicted octanol–water partition coefficient (Wildman–Crippen LogP) is 2.43. The molecule has 3 aromatic heterocycles. The molecule has 0 atom stereocenters. The fraction of sp³-hybridized carbons (Fsp3) is 0.444. The first kappa shape index (κ1) is 15.8. The molecule has 7 nitrogen and oxygen atoms in total. The van der Waals surface area contributed by atoms with Crippen LogP contribution in [0.15, 0.2) is 30.6 Å². The van der Waals surface area contributed by atoms with Crippen LogP contribution in [0, 0.1) is 19.8 Å². The van der Waals surface area contributed by atoms with Crippen molar-refractivity contribution in [2.24, 2.45) is 5.92 Å². The number of ether oxygens (including phenoxy) is 1. The van der Waals surface area contributed by atoms with Gasteiger partial charge in [-0.2, -0.15) is 14.6 Å². The van der Waals surface area contributed by atoms with Crippen LogP contribution < -0.4 is 9.64 Å². The van der Waals surface area contributed by atoms with Gasteiger partial charge in [0.2, 0.25) is 5.88 Å². The molecule has 0 spiro atoms. The molecular weight excluding hydrogens is 316 g/mol. The Balaban J connectivity index is 1.38. The van der Waals surface area contributed by atoms with E-state index in [1.54, 1.807) is 6.33 Å². The van der Waals surface area contributed by atoms with E-state index in [1.165, 1.54) is 0 Å². The molecule has 4 heterocycles. The fourth-order valence-corrected chi connectivity index (χ4v) is 3.27. The van der Waals surface area contributed by atoms with E-state index in [0.29, 0.717) is 11.7 Å². The first-order valence-electron chi connectivity index (χ1n) is 8.68. The SMILES string of the molecule is Cc1cccc(OCC2CCN(c3cc(C)nc4ncnn34)CC2)n1. The molecule has 0 bridgehead atoms. The van der Waals surface area contributed by atoms with Gasteiger partial charge in [0.1, 0.15) is 12.1 Å². The third-order valence-corrected chi connectivity index (χ3v) is 4.63. The van der Waals surface area contributed by atoms with Crippen LogP contribution in [-0.4, -0.2) is 44.3 Å². The Morgan fingerprint density at radius 1 is 1.12 bits per heavy atom. The van der Waals surface area contributed by atoms with Gasteiger partial charge in [0.05, 0.1) is 6.61 Å². The molecule has 7 heteroatoms. The molecule has 4 rings (SSSR count). The number of pyridine rings is 1. The highest BCUT2D eigenvalue weighted by molar-refractivity contribution is 5.47. The minimum atomic E-state index is 0.549. The van der Waals surface area contributed by atoms with Crippen LogP contribution in [0.3, 0.4) is 0 Å². The normalized spacial score (nSPS) is 15.7. The number of hydrogen-bond donors (Lipinski definition) is 0. The van der Waals surface area contributed by atoms with Gasteiger partial charge in [0, 0.05) is 36.6 Å². The van der Waals surface area contributed by atoms with E-state index >= 15 is 0 Å². The Kier molecular flexibility index (Phi) is 4.21. The smallest absolute Gasteiger partial charge is 0.254 e. The molecule has 1 aliphatic heterocycles. The number of aromatic nitrogens is 5. The second kappa shape index (κ2) is 6.66. The summed E-state index contributed by atoms with van der Waals surface area (Å²) in [6, 6.07) is 7.96. The maximum atomic E-state index is 5.88. The van der Waals surface area contributed by atoms with Crippen LogP contribution in [0.25, 0.3) is 5.78 Å². The van der Waals surface area contributed by atoms with E-state index in [9.17, 15) is 0 Å². The summed E-state index contributed by atoms with van der Waals surface area (Å²) in [4.78, 5) is 15.4. The van der Waals surface area contributed by atoms with Crippen LogP contribution in [0.4, 0.5) is 5.82 Å². The number of fused-ring (bicyclic) bond motifs is 1. The topological polar surface area (TPSA) is 68.4 Å². The molecule has 0 aliphatic carbocycles. The average molecular weight is 338 g/mol. The minimum Gasteiger partial charge on any atom is -0.477 e. The van der Waals surface area contributed by atoms with Gasteiger partial charge in [-0.05, 0) is 38.7 Å².